The molecule has 0 saturated heterocycles. The van der Waals surface area contributed by atoms with Crippen LogP contribution in [0, 0.1) is 0 Å². The summed E-state index contributed by atoms with van der Waals surface area (Å²) in [6, 6.07) is 15.1. The van der Waals surface area contributed by atoms with Gasteiger partial charge in [-0.2, -0.15) is 0 Å². The SMILES string of the molecule is CCN(C)c1ccccc1NC(=O)COc1ccc(Br)cc1. The van der Waals surface area contributed by atoms with E-state index >= 15 is 0 Å². The van der Waals surface area contributed by atoms with Gasteiger partial charge in [-0.25, -0.2) is 0 Å². The third-order valence-corrected chi connectivity index (χ3v) is 3.78. The van der Waals surface area contributed by atoms with Gasteiger partial charge in [0.05, 0.1) is 11.4 Å². The fraction of sp³-hybridized carbons (Fsp3) is 0.235. The molecule has 0 fully saturated rings. The zero-order chi connectivity index (χ0) is 15.9. The van der Waals surface area contributed by atoms with Crippen molar-refractivity contribution >= 4 is 33.2 Å². The van der Waals surface area contributed by atoms with Gasteiger partial charge in [0, 0.05) is 18.1 Å². The number of benzene rings is 2. The smallest absolute Gasteiger partial charge is 0.262 e. The summed E-state index contributed by atoms with van der Waals surface area (Å²) in [7, 11) is 1.99. The van der Waals surface area contributed by atoms with E-state index in [1.165, 1.54) is 0 Å². The molecule has 1 N–H and O–H groups in total. The average molecular weight is 363 g/mol. The Morgan fingerprint density at radius 3 is 2.55 bits per heavy atom. The van der Waals surface area contributed by atoms with Crippen LogP contribution in [0.15, 0.2) is 53.0 Å². The van der Waals surface area contributed by atoms with Crippen molar-refractivity contribution in [1.82, 2.24) is 0 Å². The molecule has 116 valence electrons. The zero-order valence-electron chi connectivity index (χ0n) is 12.7. The molecule has 0 bridgehead atoms. The highest BCUT2D eigenvalue weighted by Crippen LogP contribution is 2.24. The van der Waals surface area contributed by atoms with Crippen molar-refractivity contribution in [2.45, 2.75) is 6.92 Å². The van der Waals surface area contributed by atoms with Gasteiger partial charge in [-0.3, -0.25) is 4.79 Å². The van der Waals surface area contributed by atoms with E-state index in [9.17, 15) is 4.79 Å². The summed E-state index contributed by atoms with van der Waals surface area (Å²) in [6.07, 6.45) is 0. The van der Waals surface area contributed by atoms with Crippen LogP contribution in [-0.4, -0.2) is 26.1 Å². The van der Waals surface area contributed by atoms with Gasteiger partial charge in [-0.15, -0.1) is 0 Å². The lowest BCUT2D eigenvalue weighted by Gasteiger charge is -2.20. The van der Waals surface area contributed by atoms with E-state index in [0.717, 1.165) is 22.4 Å². The summed E-state index contributed by atoms with van der Waals surface area (Å²) in [5, 5.41) is 2.89. The molecule has 4 nitrogen and oxygen atoms in total. The number of halogens is 1. The summed E-state index contributed by atoms with van der Waals surface area (Å²) in [5.74, 6) is 0.484. The number of nitrogens with one attached hydrogen (secondary N) is 1. The van der Waals surface area contributed by atoms with Crippen LogP contribution in [0.4, 0.5) is 11.4 Å². The van der Waals surface area contributed by atoms with E-state index in [2.05, 4.69) is 33.1 Å². The number of carbonyl (C=O) groups excluding carboxylic acids is 1. The van der Waals surface area contributed by atoms with Gasteiger partial charge in [-0.1, -0.05) is 28.1 Å². The van der Waals surface area contributed by atoms with E-state index in [1.807, 2.05) is 55.6 Å². The number of amides is 1. The molecule has 2 rings (SSSR count). The Morgan fingerprint density at radius 1 is 1.18 bits per heavy atom. The molecule has 5 heteroatoms. The molecule has 0 atom stereocenters. The first kappa shape index (κ1) is 16.4. The number of hydrogen-bond acceptors (Lipinski definition) is 3. The molecular weight excluding hydrogens is 344 g/mol. The molecule has 0 unspecified atom stereocenters. The highest BCUT2D eigenvalue weighted by Gasteiger charge is 2.09. The lowest BCUT2D eigenvalue weighted by Crippen LogP contribution is -2.23. The fourth-order valence-corrected chi connectivity index (χ4v) is 2.21. The third-order valence-electron chi connectivity index (χ3n) is 3.25. The topological polar surface area (TPSA) is 41.6 Å². The molecule has 0 aliphatic heterocycles. The van der Waals surface area contributed by atoms with Crippen LogP contribution in [0.1, 0.15) is 6.92 Å². The summed E-state index contributed by atoms with van der Waals surface area (Å²) < 4.78 is 6.45. The van der Waals surface area contributed by atoms with E-state index in [-0.39, 0.29) is 12.5 Å². The van der Waals surface area contributed by atoms with E-state index < -0.39 is 0 Å². The van der Waals surface area contributed by atoms with Gasteiger partial charge >= 0.3 is 0 Å². The van der Waals surface area contributed by atoms with Crippen LogP contribution in [0.3, 0.4) is 0 Å². The molecule has 2 aromatic carbocycles. The molecule has 0 saturated carbocycles. The predicted molar refractivity (Wildman–Crippen MR) is 93.7 cm³/mol. The van der Waals surface area contributed by atoms with Gasteiger partial charge in [-0.05, 0) is 43.3 Å². The first-order chi connectivity index (χ1) is 10.6. The van der Waals surface area contributed by atoms with Gasteiger partial charge in [0.15, 0.2) is 6.61 Å². The molecule has 0 aliphatic rings. The number of hydrogen-bond donors (Lipinski definition) is 1. The standard InChI is InChI=1S/C17H19BrN2O2/c1-3-20(2)16-7-5-4-6-15(16)19-17(21)12-22-14-10-8-13(18)9-11-14/h4-11H,3,12H2,1-2H3,(H,19,21). The van der Waals surface area contributed by atoms with Gasteiger partial charge < -0.3 is 15.0 Å². The first-order valence-electron chi connectivity index (χ1n) is 7.08. The Labute approximate surface area is 139 Å². The maximum absolute atomic E-state index is 12.1. The maximum atomic E-state index is 12.1. The van der Waals surface area contributed by atoms with Crippen LogP contribution in [0.25, 0.3) is 0 Å². The molecule has 0 heterocycles. The van der Waals surface area contributed by atoms with Crippen molar-refractivity contribution in [3.8, 4) is 5.75 Å². The van der Waals surface area contributed by atoms with E-state index in [0.29, 0.717) is 5.75 Å². The van der Waals surface area contributed by atoms with Crippen LogP contribution in [0.2, 0.25) is 0 Å². The molecule has 0 radical (unpaired) electrons. The van der Waals surface area contributed by atoms with Gasteiger partial charge in [0.1, 0.15) is 5.75 Å². The Kier molecular flexibility index (Phi) is 5.83. The summed E-state index contributed by atoms with van der Waals surface area (Å²) in [6.45, 7) is 2.91. The predicted octanol–water partition coefficient (Wildman–Crippen LogP) is 3.92. The quantitative estimate of drug-likeness (QED) is 0.846. The second-order valence-electron chi connectivity index (χ2n) is 4.82. The molecule has 2 aromatic rings. The zero-order valence-corrected chi connectivity index (χ0v) is 14.3. The third kappa shape index (κ3) is 4.49. The lowest BCUT2D eigenvalue weighted by atomic mass is 10.2. The first-order valence-corrected chi connectivity index (χ1v) is 7.88. The Morgan fingerprint density at radius 2 is 1.86 bits per heavy atom. The largest absolute Gasteiger partial charge is 0.484 e. The number of carbonyl (C=O) groups is 1. The second-order valence-corrected chi connectivity index (χ2v) is 5.74. The summed E-state index contributed by atoms with van der Waals surface area (Å²) in [5.41, 5.74) is 1.78. The van der Waals surface area contributed by atoms with Crippen LogP contribution in [0.5, 0.6) is 5.75 Å². The number of ether oxygens (including phenoxy) is 1. The number of anilines is 2. The maximum Gasteiger partial charge on any atom is 0.262 e. The number of rotatable bonds is 6. The average Bonchev–Trinajstić information content (AvgIpc) is 2.54. The van der Waals surface area contributed by atoms with Crippen molar-refractivity contribution in [3.05, 3.63) is 53.0 Å². The Bertz CT molecular complexity index is 629. The van der Waals surface area contributed by atoms with Gasteiger partial charge in [0.2, 0.25) is 0 Å². The Balaban J connectivity index is 1.96. The minimum absolute atomic E-state index is 0.0220. The number of para-hydroxylation sites is 2. The van der Waals surface area contributed by atoms with Crippen LogP contribution >= 0.6 is 15.9 Å². The van der Waals surface area contributed by atoms with Crippen molar-refractivity contribution in [2.75, 3.05) is 30.4 Å². The van der Waals surface area contributed by atoms with Crippen LogP contribution < -0.4 is 15.0 Å². The lowest BCUT2D eigenvalue weighted by molar-refractivity contribution is -0.118. The highest BCUT2D eigenvalue weighted by molar-refractivity contribution is 9.10. The summed E-state index contributed by atoms with van der Waals surface area (Å²) >= 11 is 3.36. The Hall–Kier alpha value is -2.01. The van der Waals surface area contributed by atoms with Crippen molar-refractivity contribution in [3.63, 3.8) is 0 Å². The number of nitrogens with zero attached hydrogens (tertiary/aromatic N) is 1. The van der Waals surface area contributed by atoms with Crippen molar-refractivity contribution < 1.29 is 9.53 Å². The molecule has 22 heavy (non-hydrogen) atoms. The van der Waals surface area contributed by atoms with E-state index in [4.69, 9.17) is 4.74 Å². The normalized spacial score (nSPS) is 10.1. The summed E-state index contributed by atoms with van der Waals surface area (Å²) in [4.78, 5) is 14.1. The monoisotopic (exact) mass is 362 g/mol. The van der Waals surface area contributed by atoms with E-state index in [1.54, 1.807) is 0 Å². The van der Waals surface area contributed by atoms with Crippen LogP contribution in [-0.2, 0) is 4.79 Å². The highest BCUT2D eigenvalue weighted by atomic mass is 79.9. The molecule has 0 spiro atoms. The molecular formula is C17H19BrN2O2. The minimum atomic E-state index is -0.181. The molecule has 0 aliphatic carbocycles. The second kappa shape index (κ2) is 7.84. The molecule has 1 amide bonds. The van der Waals surface area contributed by atoms with Crippen molar-refractivity contribution in [1.29, 1.82) is 0 Å². The minimum Gasteiger partial charge on any atom is -0.484 e. The molecule has 0 aromatic heterocycles. The van der Waals surface area contributed by atoms with Crippen molar-refractivity contribution in [2.24, 2.45) is 0 Å². The fourth-order valence-electron chi connectivity index (χ4n) is 1.95. The van der Waals surface area contributed by atoms with Gasteiger partial charge in [0.25, 0.3) is 5.91 Å².